The van der Waals surface area contributed by atoms with Crippen LogP contribution in [0.5, 0.6) is 0 Å². The molecular weight excluding hydrogens is 352 g/mol. The first-order chi connectivity index (χ1) is 12.4. The maximum atomic E-state index is 12.8. The van der Waals surface area contributed by atoms with Gasteiger partial charge in [0, 0.05) is 18.7 Å². The fraction of sp³-hybridized carbons (Fsp3) is 0.316. The Morgan fingerprint density at radius 3 is 2.31 bits per heavy atom. The molecule has 1 saturated heterocycles. The van der Waals surface area contributed by atoms with E-state index in [2.05, 4.69) is 4.72 Å². The van der Waals surface area contributed by atoms with E-state index in [0.29, 0.717) is 37.6 Å². The molecule has 6 nitrogen and oxygen atoms in total. The summed E-state index contributed by atoms with van der Waals surface area (Å²) >= 11 is 0. The van der Waals surface area contributed by atoms with Crippen molar-refractivity contribution in [1.29, 1.82) is 0 Å². The molecule has 0 unspecified atom stereocenters. The zero-order valence-electron chi connectivity index (χ0n) is 14.9. The molecule has 0 bridgehead atoms. The summed E-state index contributed by atoms with van der Waals surface area (Å²) in [6, 6.07) is 11.7. The number of ether oxygens (including phenoxy) is 1. The number of carbonyl (C=O) groups is 1. The molecule has 0 aliphatic carbocycles. The Kier molecular flexibility index (Phi) is 5.29. The first-order valence-corrected chi connectivity index (χ1v) is 9.93. The van der Waals surface area contributed by atoms with Gasteiger partial charge in [-0.25, -0.2) is 8.42 Å². The molecule has 3 rings (SSSR count). The number of amides is 1. The largest absolute Gasteiger partial charge is 0.378 e. The zero-order valence-corrected chi connectivity index (χ0v) is 15.7. The van der Waals surface area contributed by atoms with Crippen LogP contribution in [0.2, 0.25) is 0 Å². The van der Waals surface area contributed by atoms with Crippen molar-refractivity contribution in [2.75, 3.05) is 31.0 Å². The van der Waals surface area contributed by atoms with Gasteiger partial charge < -0.3 is 9.64 Å². The number of aryl methyl sites for hydroxylation is 2. The summed E-state index contributed by atoms with van der Waals surface area (Å²) in [5.74, 6) is -0.183. The van der Waals surface area contributed by atoms with E-state index in [1.807, 2.05) is 32.0 Å². The van der Waals surface area contributed by atoms with Crippen molar-refractivity contribution < 1.29 is 17.9 Å². The predicted octanol–water partition coefficient (Wildman–Crippen LogP) is 2.58. The molecule has 0 saturated carbocycles. The maximum absolute atomic E-state index is 12.8. The number of hydrogen-bond donors (Lipinski definition) is 1. The van der Waals surface area contributed by atoms with Crippen molar-refractivity contribution in [3.05, 3.63) is 59.2 Å². The highest BCUT2D eigenvalue weighted by atomic mass is 32.2. The van der Waals surface area contributed by atoms with E-state index in [9.17, 15) is 13.2 Å². The second-order valence-corrected chi connectivity index (χ2v) is 7.99. The standard InChI is InChI=1S/C19H22N2O4S/c1-14-5-3-6-15(2)18(14)20-26(23,24)17-8-4-7-16(13-17)19(22)21-9-11-25-12-10-21/h3-8,13,20H,9-12H2,1-2H3. The fourth-order valence-electron chi connectivity index (χ4n) is 2.91. The van der Waals surface area contributed by atoms with E-state index in [4.69, 9.17) is 4.74 Å². The summed E-state index contributed by atoms with van der Waals surface area (Å²) in [5.41, 5.74) is 2.61. The number of nitrogens with zero attached hydrogens (tertiary/aromatic N) is 1. The van der Waals surface area contributed by atoms with Crippen LogP contribution in [-0.2, 0) is 14.8 Å². The lowest BCUT2D eigenvalue weighted by atomic mass is 10.1. The van der Waals surface area contributed by atoms with Crippen molar-refractivity contribution in [1.82, 2.24) is 4.90 Å². The van der Waals surface area contributed by atoms with Crippen molar-refractivity contribution in [3.8, 4) is 0 Å². The van der Waals surface area contributed by atoms with Gasteiger partial charge in [0.2, 0.25) is 0 Å². The Morgan fingerprint density at radius 2 is 1.65 bits per heavy atom. The van der Waals surface area contributed by atoms with Crippen LogP contribution in [0.4, 0.5) is 5.69 Å². The molecule has 0 aromatic heterocycles. The van der Waals surface area contributed by atoms with Gasteiger partial charge >= 0.3 is 0 Å². The fourth-order valence-corrected chi connectivity index (χ4v) is 4.16. The average molecular weight is 374 g/mol. The number of hydrogen-bond acceptors (Lipinski definition) is 4. The Hall–Kier alpha value is -2.38. The average Bonchev–Trinajstić information content (AvgIpc) is 2.65. The molecular formula is C19H22N2O4S. The van der Waals surface area contributed by atoms with E-state index in [0.717, 1.165) is 11.1 Å². The van der Waals surface area contributed by atoms with Crippen LogP contribution in [0, 0.1) is 13.8 Å². The minimum atomic E-state index is -3.79. The first kappa shape index (κ1) is 18.4. The van der Waals surface area contributed by atoms with E-state index in [1.165, 1.54) is 12.1 Å². The molecule has 1 heterocycles. The second-order valence-electron chi connectivity index (χ2n) is 6.30. The number of nitrogens with one attached hydrogen (secondary N) is 1. The maximum Gasteiger partial charge on any atom is 0.261 e. The Labute approximate surface area is 153 Å². The lowest BCUT2D eigenvalue weighted by Gasteiger charge is -2.27. The minimum Gasteiger partial charge on any atom is -0.378 e. The highest BCUT2D eigenvalue weighted by Crippen LogP contribution is 2.24. The third kappa shape index (κ3) is 3.89. The van der Waals surface area contributed by atoms with Crippen LogP contribution < -0.4 is 4.72 Å². The number of carbonyl (C=O) groups excluding carboxylic acids is 1. The second kappa shape index (κ2) is 7.47. The van der Waals surface area contributed by atoms with E-state index in [-0.39, 0.29) is 10.8 Å². The Balaban J connectivity index is 1.88. The molecule has 2 aromatic carbocycles. The molecule has 1 fully saturated rings. The van der Waals surface area contributed by atoms with Gasteiger partial charge in [-0.05, 0) is 43.2 Å². The summed E-state index contributed by atoms with van der Waals surface area (Å²) in [6.07, 6.45) is 0. The SMILES string of the molecule is Cc1cccc(C)c1NS(=O)(=O)c1cccc(C(=O)N2CCOCC2)c1. The minimum absolute atomic E-state index is 0.0688. The van der Waals surface area contributed by atoms with Crippen molar-refractivity contribution in [3.63, 3.8) is 0 Å². The van der Waals surface area contributed by atoms with E-state index >= 15 is 0 Å². The summed E-state index contributed by atoms with van der Waals surface area (Å²) in [4.78, 5) is 14.3. The molecule has 0 atom stereocenters. The molecule has 138 valence electrons. The summed E-state index contributed by atoms with van der Waals surface area (Å²) in [7, 11) is -3.79. The van der Waals surface area contributed by atoms with Gasteiger partial charge in [0.05, 0.1) is 23.8 Å². The molecule has 1 aliphatic heterocycles. The molecule has 26 heavy (non-hydrogen) atoms. The van der Waals surface area contributed by atoms with Crippen molar-refractivity contribution in [2.45, 2.75) is 18.7 Å². The summed E-state index contributed by atoms with van der Waals surface area (Å²) in [5, 5.41) is 0. The number of rotatable bonds is 4. The van der Waals surface area contributed by atoms with E-state index in [1.54, 1.807) is 17.0 Å². The van der Waals surface area contributed by atoms with Crippen LogP contribution in [0.15, 0.2) is 47.4 Å². The van der Waals surface area contributed by atoms with Crippen LogP contribution >= 0.6 is 0 Å². The monoisotopic (exact) mass is 374 g/mol. The lowest BCUT2D eigenvalue weighted by Crippen LogP contribution is -2.40. The molecule has 7 heteroatoms. The molecule has 0 spiro atoms. The quantitative estimate of drug-likeness (QED) is 0.892. The topological polar surface area (TPSA) is 75.7 Å². The lowest BCUT2D eigenvalue weighted by molar-refractivity contribution is 0.0302. The third-order valence-corrected chi connectivity index (χ3v) is 5.75. The highest BCUT2D eigenvalue weighted by molar-refractivity contribution is 7.92. The highest BCUT2D eigenvalue weighted by Gasteiger charge is 2.22. The smallest absolute Gasteiger partial charge is 0.261 e. The van der Waals surface area contributed by atoms with Gasteiger partial charge in [-0.3, -0.25) is 9.52 Å². The number of para-hydroxylation sites is 1. The first-order valence-electron chi connectivity index (χ1n) is 8.44. The van der Waals surface area contributed by atoms with Gasteiger partial charge in [0.25, 0.3) is 15.9 Å². The van der Waals surface area contributed by atoms with Gasteiger partial charge in [0.1, 0.15) is 0 Å². The molecule has 0 radical (unpaired) electrons. The number of sulfonamides is 1. The van der Waals surface area contributed by atoms with Crippen molar-refractivity contribution in [2.24, 2.45) is 0 Å². The van der Waals surface area contributed by atoms with Crippen molar-refractivity contribution >= 4 is 21.6 Å². The van der Waals surface area contributed by atoms with Gasteiger partial charge in [-0.15, -0.1) is 0 Å². The van der Waals surface area contributed by atoms with Gasteiger partial charge in [0.15, 0.2) is 0 Å². The summed E-state index contributed by atoms with van der Waals surface area (Å²) < 4.78 is 33.5. The van der Waals surface area contributed by atoms with Crippen LogP contribution in [0.1, 0.15) is 21.5 Å². The Morgan fingerprint density at radius 1 is 1.04 bits per heavy atom. The molecule has 1 amide bonds. The van der Waals surface area contributed by atoms with Crippen LogP contribution in [0.25, 0.3) is 0 Å². The summed E-state index contributed by atoms with van der Waals surface area (Å²) in [6.45, 7) is 5.72. The van der Waals surface area contributed by atoms with Crippen LogP contribution in [0.3, 0.4) is 0 Å². The number of morpholine rings is 1. The third-order valence-electron chi connectivity index (χ3n) is 4.41. The van der Waals surface area contributed by atoms with Gasteiger partial charge in [-0.2, -0.15) is 0 Å². The molecule has 1 aliphatic rings. The predicted molar refractivity (Wildman–Crippen MR) is 99.9 cm³/mol. The number of anilines is 1. The van der Waals surface area contributed by atoms with Gasteiger partial charge in [-0.1, -0.05) is 24.3 Å². The zero-order chi connectivity index (χ0) is 18.7. The van der Waals surface area contributed by atoms with E-state index < -0.39 is 10.0 Å². The molecule has 2 aromatic rings. The Bertz CT molecular complexity index is 899. The number of benzene rings is 2. The molecule has 1 N–H and O–H groups in total. The normalized spacial score (nSPS) is 14.9. The van der Waals surface area contributed by atoms with Crippen LogP contribution in [-0.4, -0.2) is 45.5 Å².